The monoisotopic (exact) mass is 530 g/mol. The minimum absolute atomic E-state index is 0.318. The molecule has 4 aromatic rings. The van der Waals surface area contributed by atoms with Crippen molar-refractivity contribution in [1.29, 1.82) is 0 Å². The Morgan fingerprint density at radius 3 is 2.59 bits per heavy atom. The molecule has 0 aliphatic heterocycles. The lowest BCUT2D eigenvalue weighted by Crippen LogP contribution is -2.20. The van der Waals surface area contributed by atoms with Gasteiger partial charge >= 0.3 is 5.97 Å². The maximum atomic E-state index is 12.3. The van der Waals surface area contributed by atoms with Gasteiger partial charge in [-0.15, -0.1) is 11.3 Å². The number of hydrogen-bond donors (Lipinski definition) is 2. The van der Waals surface area contributed by atoms with Gasteiger partial charge in [-0.3, -0.25) is 4.68 Å². The van der Waals surface area contributed by atoms with Crippen LogP contribution in [0.5, 0.6) is 0 Å². The molecule has 0 aliphatic rings. The molecule has 0 unspecified atom stereocenters. The second-order valence-corrected chi connectivity index (χ2v) is 9.70. The van der Waals surface area contributed by atoms with E-state index in [1.54, 1.807) is 10.7 Å². The average molecular weight is 531 g/mol. The first kappa shape index (κ1) is 24.2. The number of methoxy groups -OCH3 is 1. The number of thiophene rings is 1. The molecule has 4 rings (SSSR count). The van der Waals surface area contributed by atoms with Gasteiger partial charge in [0.1, 0.15) is 5.00 Å². The minimum atomic E-state index is -0.424. The van der Waals surface area contributed by atoms with Crippen molar-refractivity contribution >= 4 is 68.7 Å². The molecule has 0 spiro atoms. The SMILES string of the molecule is COC(=O)c1cc(Cc2ccccc2)sc1NC(=S)Nc1ccn(Cc2ccc(Cl)c(Cl)c2)n1. The van der Waals surface area contributed by atoms with Crippen LogP contribution in [-0.4, -0.2) is 28.0 Å². The molecule has 0 bridgehead atoms. The third-order valence-corrected chi connectivity index (χ3v) is 6.84. The molecule has 6 nitrogen and oxygen atoms in total. The zero-order valence-corrected chi connectivity index (χ0v) is 21.2. The molecule has 0 saturated carbocycles. The van der Waals surface area contributed by atoms with Gasteiger partial charge in [-0.05, 0) is 41.5 Å². The summed E-state index contributed by atoms with van der Waals surface area (Å²) in [5, 5.41) is 12.6. The number of nitrogens with one attached hydrogen (secondary N) is 2. The minimum Gasteiger partial charge on any atom is -0.465 e. The summed E-state index contributed by atoms with van der Waals surface area (Å²) in [4.78, 5) is 13.3. The lowest BCUT2D eigenvalue weighted by Gasteiger charge is -2.08. The lowest BCUT2D eigenvalue weighted by atomic mass is 10.1. The Kier molecular flexibility index (Phi) is 7.84. The van der Waals surface area contributed by atoms with E-state index in [0.29, 0.717) is 44.5 Å². The number of rotatable bonds is 7. The molecule has 2 aromatic heterocycles. The van der Waals surface area contributed by atoms with Crippen LogP contribution in [0.25, 0.3) is 0 Å². The van der Waals surface area contributed by atoms with E-state index >= 15 is 0 Å². The molecular weight excluding hydrogens is 511 g/mol. The van der Waals surface area contributed by atoms with E-state index in [1.807, 2.05) is 60.8 Å². The Hall–Kier alpha value is -2.91. The number of thiocarbonyl (C=S) groups is 1. The normalized spacial score (nSPS) is 10.7. The Balaban J connectivity index is 1.43. The van der Waals surface area contributed by atoms with Gasteiger partial charge in [0.2, 0.25) is 0 Å². The quantitative estimate of drug-likeness (QED) is 0.210. The first-order valence-electron chi connectivity index (χ1n) is 10.2. The van der Waals surface area contributed by atoms with E-state index in [-0.39, 0.29) is 0 Å². The summed E-state index contributed by atoms with van der Waals surface area (Å²) in [5.74, 6) is 0.144. The van der Waals surface area contributed by atoms with Crippen molar-refractivity contribution in [3.8, 4) is 0 Å². The summed E-state index contributed by atoms with van der Waals surface area (Å²) >= 11 is 19.0. The molecule has 0 amide bonds. The summed E-state index contributed by atoms with van der Waals surface area (Å²) in [6.07, 6.45) is 2.53. The predicted molar refractivity (Wildman–Crippen MR) is 143 cm³/mol. The van der Waals surface area contributed by atoms with E-state index in [4.69, 9.17) is 40.2 Å². The fourth-order valence-electron chi connectivity index (χ4n) is 3.27. The van der Waals surface area contributed by atoms with Gasteiger partial charge in [-0.2, -0.15) is 5.10 Å². The molecule has 0 aliphatic carbocycles. The van der Waals surface area contributed by atoms with E-state index in [1.165, 1.54) is 18.4 Å². The highest BCUT2D eigenvalue weighted by Gasteiger charge is 2.18. The Morgan fingerprint density at radius 1 is 1.06 bits per heavy atom. The molecule has 0 atom stereocenters. The van der Waals surface area contributed by atoms with Crippen LogP contribution < -0.4 is 10.6 Å². The van der Waals surface area contributed by atoms with Gasteiger partial charge in [0.05, 0.1) is 29.3 Å². The molecular formula is C24H20Cl2N4O2S2. The number of carbonyl (C=O) groups is 1. The van der Waals surface area contributed by atoms with Gasteiger partial charge in [0.15, 0.2) is 10.9 Å². The van der Waals surface area contributed by atoms with E-state index in [2.05, 4.69) is 15.7 Å². The lowest BCUT2D eigenvalue weighted by molar-refractivity contribution is 0.0602. The van der Waals surface area contributed by atoms with Crippen LogP contribution in [0.4, 0.5) is 10.8 Å². The first-order chi connectivity index (χ1) is 16.4. The van der Waals surface area contributed by atoms with Gasteiger partial charge < -0.3 is 15.4 Å². The van der Waals surface area contributed by atoms with Crippen molar-refractivity contribution in [1.82, 2.24) is 9.78 Å². The predicted octanol–water partition coefficient (Wildman–Crippen LogP) is 6.49. The molecule has 2 aromatic carbocycles. The number of nitrogens with zero attached hydrogens (tertiary/aromatic N) is 2. The standard InChI is InChI=1S/C24H20Cl2N4O2S2/c1-32-23(31)18-13-17(11-15-5-3-2-4-6-15)34-22(18)28-24(33)27-21-9-10-30(29-21)14-16-7-8-19(25)20(26)12-16/h2-10,12-13H,11,14H2,1H3,(H2,27,28,29,33). The highest BCUT2D eigenvalue weighted by molar-refractivity contribution is 7.80. The number of hydrogen-bond acceptors (Lipinski definition) is 5. The van der Waals surface area contributed by atoms with E-state index in [9.17, 15) is 4.79 Å². The number of halogens is 2. The maximum Gasteiger partial charge on any atom is 0.340 e. The van der Waals surface area contributed by atoms with Crippen molar-refractivity contribution in [2.45, 2.75) is 13.0 Å². The molecule has 0 fully saturated rings. The molecule has 0 radical (unpaired) electrons. The maximum absolute atomic E-state index is 12.3. The third kappa shape index (κ3) is 6.15. The second kappa shape index (κ2) is 11.0. The number of benzene rings is 2. The molecule has 174 valence electrons. The van der Waals surface area contributed by atoms with Crippen molar-refractivity contribution in [2.24, 2.45) is 0 Å². The third-order valence-electron chi connectivity index (χ3n) is 4.85. The summed E-state index contributed by atoms with van der Waals surface area (Å²) in [6.45, 7) is 0.527. The van der Waals surface area contributed by atoms with Crippen LogP contribution in [-0.2, 0) is 17.7 Å². The highest BCUT2D eigenvalue weighted by Crippen LogP contribution is 2.31. The Labute approximate surface area is 216 Å². The zero-order valence-electron chi connectivity index (χ0n) is 18.0. The fraction of sp³-hybridized carbons (Fsp3) is 0.125. The topological polar surface area (TPSA) is 68.2 Å². The summed E-state index contributed by atoms with van der Waals surface area (Å²) in [5.41, 5.74) is 2.56. The summed E-state index contributed by atoms with van der Waals surface area (Å²) < 4.78 is 6.70. The van der Waals surface area contributed by atoms with Gasteiger partial charge in [0.25, 0.3) is 0 Å². The molecule has 10 heteroatoms. The van der Waals surface area contributed by atoms with Crippen LogP contribution in [0.3, 0.4) is 0 Å². The van der Waals surface area contributed by atoms with Gasteiger partial charge in [-0.1, -0.05) is 59.6 Å². The van der Waals surface area contributed by atoms with Crippen molar-refractivity contribution in [2.75, 3.05) is 17.7 Å². The fourth-order valence-corrected chi connectivity index (χ4v) is 4.95. The Bertz CT molecular complexity index is 1320. The molecule has 2 N–H and O–H groups in total. The van der Waals surface area contributed by atoms with Gasteiger partial charge in [-0.25, -0.2) is 4.79 Å². The Morgan fingerprint density at radius 2 is 1.85 bits per heavy atom. The smallest absolute Gasteiger partial charge is 0.340 e. The van der Waals surface area contributed by atoms with Crippen molar-refractivity contribution < 1.29 is 9.53 Å². The second-order valence-electron chi connectivity index (χ2n) is 7.34. The molecule has 0 saturated heterocycles. The number of anilines is 2. The van der Waals surface area contributed by atoms with Crippen LogP contribution >= 0.6 is 46.8 Å². The van der Waals surface area contributed by atoms with Crippen molar-refractivity contribution in [3.05, 3.63) is 98.5 Å². The highest BCUT2D eigenvalue weighted by atomic mass is 35.5. The molecule has 34 heavy (non-hydrogen) atoms. The van der Waals surface area contributed by atoms with Gasteiger partial charge in [0, 0.05) is 23.6 Å². The van der Waals surface area contributed by atoms with Crippen LogP contribution in [0.15, 0.2) is 66.9 Å². The van der Waals surface area contributed by atoms with Crippen molar-refractivity contribution in [3.63, 3.8) is 0 Å². The van der Waals surface area contributed by atoms with E-state index in [0.717, 1.165) is 16.0 Å². The number of aromatic nitrogens is 2. The van der Waals surface area contributed by atoms with Crippen LogP contribution in [0.2, 0.25) is 10.0 Å². The number of esters is 1. The first-order valence-corrected chi connectivity index (χ1v) is 12.2. The summed E-state index contributed by atoms with van der Waals surface area (Å²) in [7, 11) is 1.36. The number of carbonyl (C=O) groups excluding carboxylic acids is 1. The van der Waals surface area contributed by atoms with Crippen LogP contribution in [0, 0.1) is 0 Å². The zero-order chi connectivity index (χ0) is 24.1. The van der Waals surface area contributed by atoms with E-state index < -0.39 is 5.97 Å². The number of ether oxygens (including phenoxy) is 1. The largest absolute Gasteiger partial charge is 0.465 e. The average Bonchev–Trinajstić information content (AvgIpc) is 3.42. The molecule has 2 heterocycles. The summed E-state index contributed by atoms with van der Waals surface area (Å²) in [6, 6.07) is 19.1. The van der Waals surface area contributed by atoms with Crippen LogP contribution in [0.1, 0.15) is 26.4 Å².